The normalized spacial score (nSPS) is 26.0. The summed E-state index contributed by atoms with van der Waals surface area (Å²) in [6.07, 6.45) is 2.26. The van der Waals surface area contributed by atoms with Gasteiger partial charge in [-0.1, -0.05) is 12.1 Å². The zero-order valence-corrected chi connectivity index (χ0v) is 12.2. The van der Waals surface area contributed by atoms with Crippen molar-refractivity contribution in [1.29, 1.82) is 0 Å². The number of nitrogens with two attached hydrogens (primary N) is 1. The second kappa shape index (κ2) is 6.56. The monoisotopic (exact) mass is 290 g/mol. The fourth-order valence-electron chi connectivity index (χ4n) is 2.95. The van der Waals surface area contributed by atoms with E-state index in [1.807, 2.05) is 29.2 Å². The largest absolute Gasteiger partial charge is 0.375 e. The van der Waals surface area contributed by atoms with Crippen molar-refractivity contribution >= 4 is 5.91 Å². The molecule has 0 aliphatic carbocycles. The van der Waals surface area contributed by atoms with Gasteiger partial charge in [0.05, 0.1) is 12.7 Å². The highest BCUT2D eigenvalue weighted by molar-refractivity contribution is 5.94. The molecule has 2 saturated heterocycles. The number of nitrogens with zero attached hydrogens (tertiary/aromatic N) is 1. The van der Waals surface area contributed by atoms with Crippen molar-refractivity contribution in [1.82, 2.24) is 4.90 Å². The second-order valence-corrected chi connectivity index (χ2v) is 5.61. The summed E-state index contributed by atoms with van der Waals surface area (Å²) in [5.41, 5.74) is 7.32. The summed E-state index contributed by atoms with van der Waals surface area (Å²) >= 11 is 0. The molecule has 114 valence electrons. The first-order valence-electron chi connectivity index (χ1n) is 7.59. The van der Waals surface area contributed by atoms with E-state index in [1.165, 1.54) is 0 Å². The predicted octanol–water partition coefficient (Wildman–Crippen LogP) is 1.17. The molecule has 2 atom stereocenters. The third-order valence-corrected chi connectivity index (χ3v) is 4.20. The van der Waals surface area contributed by atoms with Crippen LogP contribution in [0.1, 0.15) is 28.8 Å². The molecule has 1 amide bonds. The lowest BCUT2D eigenvalue weighted by Crippen LogP contribution is -2.49. The maximum absolute atomic E-state index is 12.6. The Labute approximate surface area is 125 Å². The van der Waals surface area contributed by atoms with Gasteiger partial charge in [0.15, 0.2) is 0 Å². The Morgan fingerprint density at radius 3 is 2.62 bits per heavy atom. The van der Waals surface area contributed by atoms with Crippen LogP contribution in [0, 0.1) is 0 Å². The molecule has 0 aromatic heterocycles. The van der Waals surface area contributed by atoms with Crippen LogP contribution in [-0.2, 0) is 16.0 Å². The van der Waals surface area contributed by atoms with Gasteiger partial charge in [0.2, 0.25) is 0 Å². The van der Waals surface area contributed by atoms with Crippen LogP contribution in [0.15, 0.2) is 24.3 Å². The summed E-state index contributed by atoms with van der Waals surface area (Å²) in [6, 6.07) is 7.51. The second-order valence-electron chi connectivity index (χ2n) is 5.61. The SMILES string of the molecule is NCc1ccc(C(=O)N2CCO[C@H]([C@@H]3CCCO3)C2)cc1. The summed E-state index contributed by atoms with van der Waals surface area (Å²) in [7, 11) is 0. The third kappa shape index (κ3) is 3.26. The average Bonchev–Trinajstić information content (AvgIpc) is 3.09. The number of benzene rings is 1. The standard InChI is InChI=1S/C16H22N2O3/c17-10-12-3-5-13(6-4-12)16(19)18-7-9-21-15(11-18)14-2-1-8-20-14/h3-6,14-15H,1-2,7-11,17H2/t14-,15-/m0/s1. The van der Waals surface area contributed by atoms with Gasteiger partial charge in [0, 0.05) is 31.8 Å². The van der Waals surface area contributed by atoms with Gasteiger partial charge in [-0.3, -0.25) is 4.79 Å². The van der Waals surface area contributed by atoms with Crippen molar-refractivity contribution in [3.8, 4) is 0 Å². The molecule has 2 heterocycles. The summed E-state index contributed by atoms with van der Waals surface area (Å²) in [6.45, 7) is 3.13. The first-order valence-corrected chi connectivity index (χ1v) is 7.59. The van der Waals surface area contributed by atoms with Gasteiger partial charge < -0.3 is 20.1 Å². The summed E-state index contributed by atoms with van der Waals surface area (Å²) < 4.78 is 11.5. The molecule has 3 rings (SSSR count). The van der Waals surface area contributed by atoms with Crippen LogP contribution in [0.25, 0.3) is 0 Å². The van der Waals surface area contributed by atoms with E-state index in [0.717, 1.165) is 25.0 Å². The minimum absolute atomic E-state index is 0.00788. The van der Waals surface area contributed by atoms with E-state index < -0.39 is 0 Å². The van der Waals surface area contributed by atoms with Crippen molar-refractivity contribution in [3.05, 3.63) is 35.4 Å². The lowest BCUT2D eigenvalue weighted by atomic mass is 10.1. The minimum Gasteiger partial charge on any atom is -0.375 e. The zero-order chi connectivity index (χ0) is 14.7. The Hall–Kier alpha value is -1.43. The van der Waals surface area contributed by atoms with Crippen LogP contribution < -0.4 is 5.73 Å². The van der Waals surface area contributed by atoms with E-state index in [9.17, 15) is 4.79 Å². The molecule has 0 saturated carbocycles. The van der Waals surface area contributed by atoms with E-state index in [2.05, 4.69) is 0 Å². The van der Waals surface area contributed by atoms with E-state index in [0.29, 0.717) is 31.8 Å². The molecule has 2 aliphatic rings. The molecule has 5 heteroatoms. The molecule has 0 spiro atoms. The first-order chi connectivity index (χ1) is 10.3. The molecular weight excluding hydrogens is 268 g/mol. The fourth-order valence-corrected chi connectivity index (χ4v) is 2.95. The number of rotatable bonds is 3. The van der Waals surface area contributed by atoms with Crippen molar-refractivity contribution in [2.24, 2.45) is 5.73 Å². The number of hydrogen-bond donors (Lipinski definition) is 1. The van der Waals surface area contributed by atoms with Crippen molar-refractivity contribution < 1.29 is 14.3 Å². The molecule has 0 radical (unpaired) electrons. The molecular formula is C16H22N2O3. The van der Waals surface area contributed by atoms with Gasteiger partial charge in [0.1, 0.15) is 6.10 Å². The lowest BCUT2D eigenvalue weighted by molar-refractivity contribution is -0.0867. The van der Waals surface area contributed by atoms with Crippen molar-refractivity contribution in [2.45, 2.75) is 31.6 Å². The Morgan fingerprint density at radius 2 is 1.95 bits per heavy atom. The average molecular weight is 290 g/mol. The van der Waals surface area contributed by atoms with Crippen molar-refractivity contribution in [3.63, 3.8) is 0 Å². The van der Waals surface area contributed by atoms with E-state index >= 15 is 0 Å². The van der Waals surface area contributed by atoms with Crippen LogP contribution in [0.4, 0.5) is 0 Å². The number of amides is 1. The Bertz CT molecular complexity index is 483. The number of ether oxygens (including phenoxy) is 2. The molecule has 21 heavy (non-hydrogen) atoms. The van der Waals surface area contributed by atoms with Gasteiger partial charge in [-0.05, 0) is 30.5 Å². The molecule has 0 bridgehead atoms. The topological polar surface area (TPSA) is 64.8 Å². The van der Waals surface area contributed by atoms with Gasteiger partial charge in [0.25, 0.3) is 5.91 Å². The van der Waals surface area contributed by atoms with Crippen molar-refractivity contribution in [2.75, 3.05) is 26.3 Å². The predicted molar refractivity (Wildman–Crippen MR) is 79.0 cm³/mol. The molecule has 2 aliphatic heterocycles. The Kier molecular flexibility index (Phi) is 4.53. The van der Waals surface area contributed by atoms with E-state index in [4.69, 9.17) is 15.2 Å². The van der Waals surface area contributed by atoms with Crippen LogP contribution in [0.3, 0.4) is 0 Å². The highest BCUT2D eigenvalue weighted by Gasteiger charge is 2.33. The van der Waals surface area contributed by atoms with Gasteiger partial charge >= 0.3 is 0 Å². The maximum Gasteiger partial charge on any atom is 0.254 e. The quantitative estimate of drug-likeness (QED) is 0.907. The summed E-state index contributed by atoms with van der Waals surface area (Å²) in [5.74, 6) is 0.0601. The van der Waals surface area contributed by atoms with Crippen LogP contribution in [0.5, 0.6) is 0 Å². The highest BCUT2D eigenvalue weighted by atomic mass is 16.5. The van der Waals surface area contributed by atoms with Gasteiger partial charge in [-0.25, -0.2) is 0 Å². The van der Waals surface area contributed by atoms with E-state index in [-0.39, 0.29) is 18.1 Å². The van der Waals surface area contributed by atoms with Crippen LogP contribution in [0.2, 0.25) is 0 Å². The highest BCUT2D eigenvalue weighted by Crippen LogP contribution is 2.22. The third-order valence-electron chi connectivity index (χ3n) is 4.20. The lowest BCUT2D eigenvalue weighted by Gasteiger charge is -2.35. The van der Waals surface area contributed by atoms with Gasteiger partial charge in [-0.2, -0.15) is 0 Å². The van der Waals surface area contributed by atoms with Crippen LogP contribution in [-0.4, -0.2) is 49.3 Å². The summed E-state index contributed by atoms with van der Waals surface area (Å²) in [4.78, 5) is 14.4. The number of hydrogen-bond acceptors (Lipinski definition) is 4. The molecule has 0 unspecified atom stereocenters. The summed E-state index contributed by atoms with van der Waals surface area (Å²) in [5, 5.41) is 0. The van der Waals surface area contributed by atoms with E-state index in [1.54, 1.807) is 0 Å². The first kappa shape index (κ1) is 14.5. The zero-order valence-electron chi connectivity index (χ0n) is 12.2. The maximum atomic E-state index is 12.6. The number of morpholine rings is 1. The fraction of sp³-hybridized carbons (Fsp3) is 0.562. The smallest absolute Gasteiger partial charge is 0.254 e. The number of carbonyl (C=O) groups excluding carboxylic acids is 1. The Morgan fingerprint density at radius 1 is 1.19 bits per heavy atom. The Balaban J connectivity index is 1.65. The van der Waals surface area contributed by atoms with Crippen LogP contribution >= 0.6 is 0 Å². The number of carbonyl (C=O) groups is 1. The minimum atomic E-state index is 0.00788. The molecule has 2 fully saturated rings. The molecule has 1 aromatic rings. The molecule has 5 nitrogen and oxygen atoms in total. The van der Waals surface area contributed by atoms with Gasteiger partial charge in [-0.15, -0.1) is 0 Å². The molecule has 1 aromatic carbocycles. The molecule has 2 N–H and O–H groups in total.